The molecule has 3 heteroatoms. The highest BCUT2D eigenvalue weighted by Crippen LogP contribution is 2.28. The minimum atomic E-state index is 0.668. The Labute approximate surface area is 116 Å². The van der Waals surface area contributed by atoms with Crippen LogP contribution in [0.5, 0.6) is 5.75 Å². The molecule has 1 atom stereocenters. The van der Waals surface area contributed by atoms with E-state index >= 15 is 0 Å². The molecule has 1 saturated heterocycles. The van der Waals surface area contributed by atoms with Crippen molar-refractivity contribution in [1.29, 1.82) is 0 Å². The van der Waals surface area contributed by atoms with E-state index in [0.717, 1.165) is 38.5 Å². The summed E-state index contributed by atoms with van der Waals surface area (Å²) in [6.07, 6.45) is 1.25. The van der Waals surface area contributed by atoms with E-state index in [2.05, 4.69) is 42.3 Å². The molecule has 0 radical (unpaired) electrons. The number of hydrogen-bond acceptors (Lipinski definition) is 3. The van der Waals surface area contributed by atoms with Crippen molar-refractivity contribution >= 4 is 0 Å². The third-order valence-corrected chi connectivity index (χ3v) is 4.12. The van der Waals surface area contributed by atoms with Crippen LogP contribution in [-0.4, -0.2) is 38.2 Å². The first-order valence-corrected chi connectivity index (χ1v) is 7.38. The van der Waals surface area contributed by atoms with E-state index in [1.165, 1.54) is 17.5 Å². The zero-order chi connectivity index (χ0) is 13.7. The largest absolute Gasteiger partial charge is 0.496 e. The van der Waals surface area contributed by atoms with Crippen molar-refractivity contribution < 1.29 is 4.74 Å². The molecule has 1 N–H and O–H groups in total. The van der Waals surface area contributed by atoms with Crippen LogP contribution >= 0.6 is 0 Å². The summed E-state index contributed by atoms with van der Waals surface area (Å²) < 4.78 is 5.51. The lowest BCUT2D eigenvalue weighted by Gasteiger charge is -2.21. The van der Waals surface area contributed by atoms with Gasteiger partial charge in [-0.15, -0.1) is 0 Å². The number of rotatable bonds is 6. The van der Waals surface area contributed by atoms with Gasteiger partial charge in [0.05, 0.1) is 7.11 Å². The van der Waals surface area contributed by atoms with Gasteiger partial charge >= 0.3 is 0 Å². The number of benzene rings is 1. The van der Waals surface area contributed by atoms with Gasteiger partial charge in [0, 0.05) is 18.7 Å². The number of hydrogen-bond donors (Lipinski definition) is 1. The smallest absolute Gasteiger partial charge is 0.123 e. The van der Waals surface area contributed by atoms with E-state index < -0.39 is 0 Å². The molecule has 0 spiro atoms. The molecule has 3 nitrogen and oxygen atoms in total. The van der Waals surface area contributed by atoms with Crippen molar-refractivity contribution in [3.8, 4) is 5.75 Å². The molecule has 1 aliphatic heterocycles. The number of nitrogens with one attached hydrogen (secondary N) is 1. The lowest BCUT2D eigenvalue weighted by Crippen LogP contribution is -2.22. The highest BCUT2D eigenvalue weighted by atomic mass is 16.5. The molecule has 1 unspecified atom stereocenters. The molecule has 2 rings (SSSR count). The molecule has 0 aliphatic carbocycles. The van der Waals surface area contributed by atoms with Crippen molar-refractivity contribution in [1.82, 2.24) is 10.2 Å². The van der Waals surface area contributed by atoms with E-state index in [0.29, 0.717) is 5.92 Å². The first-order valence-electron chi connectivity index (χ1n) is 7.38. The Morgan fingerprint density at radius 3 is 2.68 bits per heavy atom. The van der Waals surface area contributed by atoms with Gasteiger partial charge in [0.2, 0.25) is 0 Å². The Balaban J connectivity index is 2.20. The van der Waals surface area contributed by atoms with Crippen LogP contribution in [0.4, 0.5) is 0 Å². The molecule has 1 fully saturated rings. The third kappa shape index (κ3) is 3.48. The first-order chi connectivity index (χ1) is 9.28. The molecule has 0 aromatic heterocycles. The molecule has 19 heavy (non-hydrogen) atoms. The van der Waals surface area contributed by atoms with Gasteiger partial charge < -0.3 is 10.1 Å². The van der Waals surface area contributed by atoms with Crippen LogP contribution in [0.1, 0.15) is 37.3 Å². The van der Waals surface area contributed by atoms with Gasteiger partial charge in [-0.1, -0.05) is 26.0 Å². The first kappa shape index (κ1) is 14.4. The van der Waals surface area contributed by atoms with Crippen molar-refractivity contribution in [3.05, 3.63) is 29.3 Å². The fourth-order valence-corrected chi connectivity index (χ4v) is 2.80. The summed E-state index contributed by atoms with van der Waals surface area (Å²) in [5.74, 6) is 1.68. The summed E-state index contributed by atoms with van der Waals surface area (Å²) in [6, 6.07) is 6.70. The standard InChI is InChI=1S/C16H26N2O/c1-4-18(5-2)12-15-10-13(6-7-16(15)19-3)14-8-9-17-11-14/h6-7,10,14,17H,4-5,8-9,11-12H2,1-3H3. The molecule has 1 aliphatic rings. The average Bonchev–Trinajstić information content (AvgIpc) is 2.98. The number of nitrogens with zero attached hydrogens (tertiary/aromatic N) is 1. The Kier molecular flexibility index (Phi) is 5.23. The van der Waals surface area contributed by atoms with E-state index in [-0.39, 0.29) is 0 Å². The Bertz CT molecular complexity index is 396. The van der Waals surface area contributed by atoms with E-state index in [1.54, 1.807) is 7.11 Å². The van der Waals surface area contributed by atoms with Gasteiger partial charge in [-0.2, -0.15) is 0 Å². The molecule has 106 valence electrons. The summed E-state index contributed by atoms with van der Waals surface area (Å²) >= 11 is 0. The fourth-order valence-electron chi connectivity index (χ4n) is 2.80. The van der Waals surface area contributed by atoms with Gasteiger partial charge in [0.15, 0.2) is 0 Å². The Hall–Kier alpha value is -1.06. The van der Waals surface area contributed by atoms with Crippen LogP contribution in [0.15, 0.2) is 18.2 Å². The zero-order valence-corrected chi connectivity index (χ0v) is 12.4. The summed E-state index contributed by atoms with van der Waals surface area (Å²) in [7, 11) is 1.76. The van der Waals surface area contributed by atoms with Gasteiger partial charge in [-0.3, -0.25) is 4.90 Å². The zero-order valence-electron chi connectivity index (χ0n) is 12.4. The van der Waals surface area contributed by atoms with Crippen molar-refractivity contribution in [2.75, 3.05) is 33.3 Å². The van der Waals surface area contributed by atoms with Gasteiger partial charge in [0.1, 0.15) is 5.75 Å². The van der Waals surface area contributed by atoms with E-state index in [4.69, 9.17) is 4.74 Å². The topological polar surface area (TPSA) is 24.5 Å². The second kappa shape index (κ2) is 6.92. The maximum atomic E-state index is 5.51. The predicted molar refractivity (Wildman–Crippen MR) is 79.8 cm³/mol. The molecule has 1 heterocycles. The van der Waals surface area contributed by atoms with Crippen LogP contribution in [0.25, 0.3) is 0 Å². The summed E-state index contributed by atoms with van der Waals surface area (Å²) in [6.45, 7) is 9.80. The minimum absolute atomic E-state index is 0.668. The quantitative estimate of drug-likeness (QED) is 0.853. The van der Waals surface area contributed by atoms with Crippen LogP contribution in [0, 0.1) is 0 Å². The number of methoxy groups -OCH3 is 1. The van der Waals surface area contributed by atoms with Crippen LogP contribution in [0.3, 0.4) is 0 Å². The summed E-state index contributed by atoms with van der Waals surface area (Å²) in [5, 5.41) is 3.44. The minimum Gasteiger partial charge on any atom is -0.496 e. The second-order valence-corrected chi connectivity index (χ2v) is 5.22. The lowest BCUT2D eigenvalue weighted by atomic mass is 9.96. The summed E-state index contributed by atoms with van der Waals surface area (Å²) in [5.41, 5.74) is 2.77. The van der Waals surface area contributed by atoms with E-state index in [9.17, 15) is 0 Å². The van der Waals surface area contributed by atoms with Crippen molar-refractivity contribution in [3.63, 3.8) is 0 Å². The molecule has 0 saturated carbocycles. The van der Waals surface area contributed by atoms with Crippen molar-refractivity contribution in [2.45, 2.75) is 32.7 Å². The third-order valence-electron chi connectivity index (χ3n) is 4.12. The highest BCUT2D eigenvalue weighted by molar-refractivity contribution is 5.39. The maximum Gasteiger partial charge on any atom is 0.123 e. The number of ether oxygens (including phenoxy) is 1. The van der Waals surface area contributed by atoms with Crippen LogP contribution < -0.4 is 10.1 Å². The molecular weight excluding hydrogens is 236 g/mol. The molecule has 1 aromatic rings. The molecule has 1 aromatic carbocycles. The average molecular weight is 262 g/mol. The second-order valence-electron chi connectivity index (χ2n) is 5.22. The molecule has 0 bridgehead atoms. The molecule has 0 amide bonds. The normalized spacial score (nSPS) is 19.1. The fraction of sp³-hybridized carbons (Fsp3) is 0.625. The van der Waals surface area contributed by atoms with Crippen LogP contribution in [-0.2, 0) is 6.54 Å². The van der Waals surface area contributed by atoms with Gasteiger partial charge in [0.25, 0.3) is 0 Å². The maximum absolute atomic E-state index is 5.51. The monoisotopic (exact) mass is 262 g/mol. The SMILES string of the molecule is CCN(CC)Cc1cc(C2CCNC2)ccc1OC. The predicted octanol–water partition coefficient (Wildman–Crippen LogP) is 2.61. The molecular formula is C16H26N2O. The Morgan fingerprint density at radius 2 is 2.11 bits per heavy atom. The lowest BCUT2D eigenvalue weighted by molar-refractivity contribution is 0.289. The van der Waals surface area contributed by atoms with Gasteiger partial charge in [-0.05, 0) is 43.6 Å². The summed E-state index contributed by atoms with van der Waals surface area (Å²) in [4.78, 5) is 2.43. The Morgan fingerprint density at radius 1 is 1.32 bits per heavy atom. The van der Waals surface area contributed by atoms with E-state index in [1.807, 2.05) is 0 Å². The van der Waals surface area contributed by atoms with Crippen LogP contribution in [0.2, 0.25) is 0 Å². The van der Waals surface area contributed by atoms with Gasteiger partial charge in [-0.25, -0.2) is 0 Å². The van der Waals surface area contributed by atoms with Crippen molar-refractivity contribution in [2.24, 2.45) is 0 Å². The highest BCUT2D eigenvalue weighted by Gasteiger charge is 2.18.